The van der Waals surface area contributed by atoms with Crippen molar-refractivity contribution in [3.8, 4) is 0 Å². The van der Waals surface area contributed by atoms with E-state index in [1.54, 1.807) is 0 Å². The number of unbranched alkanes of at least 4 members (excludes halogenated alkanes) is 17. The molecule has 7 heteroatoms. The van der Waals surface area contributed by atoms with Gasteiger partial charge in [-0.2, -0.15) is 0 Å². The van der Waals surface area contributed by atoms with Crippen molar-refractivity contribution < 1.29 is 24.0 Å². The Labute approximate surface area is 180 Å². The van der Waals surface area contributed by atoms with Crippen molar-refractivity contribution in [2.24, 2.45) is 5.73 Å². The highest BCUT2D eigenvalue weighted by atomic mass is 31.2. The van der Waals surface area contributed by atoms with Crippen LogP contribution in [0.25, 0.3) is 0 Å². The van der Waals surface area contributed by atoms with Crippen LogP contribution >= 0.6 is 7.82 Å². The average molecular weight is 438 g/mol. The third kappa shape index (κ3) is 35.8. The number of phosphoric acid groups is 1. The quantitative estimate of drug-likeness (QED) is 0.196. The molecule has 0 bridgehead atoms. The van der Waals surface area contributed by atoms with Gasteiger partial charge in [0, 0.05) is 6.54 Å². The van der Waals surface area contributed by atoms with Crippen molar-refractivity contribution in [1.29, 1.82) is 0 Å². The summed E-state index contributed by atoms with van der Waals surface area (Å²) in [5.74, 6) is 0. The van der Waals surface area contributed by atoms with E-state index in [1.807, 2.05) is 0 Å². The van der Waals surface area contributed by atoms with Crippen molar-refractivity contribution in [3.05, 3.63) is 0 Å². The summed E-state index contributed by atoms with van der Waals surface area (Å²) in [7, 11) is -4.76. The average Bonchev–Trinajstić information content (AvgIpc) is 2.69. The zero-order valence-corrected chi connectivity index (χ0v) is 19.8. The number of rotatable bonds is 21. The second-order valence-electron chi connectivity index (χ2n) is 7.80. The fraction of sp³-hybridized carbons (Fsp3) is 1.00. The van der Waals surface area contributed by atoms with E-state index in [1.165, 1.54) is 96.3 Å². The van der Waals surface area contributed by atoms with E-state index < -0.39 is 7.82 Å². The molecule has 0 atom stereocenters. The lowest BCUT2D eigenvalue weighted by Crippen LogP contribution is -2.16. The molecule has 0 saturated heterocycles. The van der Waals surface area contributed by atoms with Gasteiger partial charge in [0.15, 0.2) is 0 Å². The van der Waals surface area contributed by atoms with Crippen LogP contribution in [0.5, 0.6) is 0 Å². The van der Waals surface area contributed by atoms with Crippen LogP contribution in [0.2, 0.25) is 0 Å². The smallest absolute Gasteiger partial charge is 0.0596 e. The Morgan fingerprint density at radius 2 is 0.966 bits per heavy atom. The van der Waals surface area contributed by atoms with Crippen molar-refractivity contribution in [2.45, 2.75) is 122 Å². The summed E-state index contributed by atoms with van der Waals surface area (Å²) in [5.41, 5.74) is 4.78. The van der Waals surface area contributed by atoms with Crippen LogP contribution in [-0.2, 0) is 9.09 Å². The molecule has 0 rings (SSSR count). The highest BCUT2D eigenvalue weighted by Gasteiger charge is 1.96. The molecule has 0 aromatic carbocycles. The summed E-state index contributed by atoms with van der Waals surface area (Å²) in [4.78, 5) is 20.5. The van der Waals surface area contributed by atoms with E-state index >= 15 is 0 Å². The zero-order valence-electron chi connectivity index (χ0n) is 19.0. The zero-order chi connectivity index (χ0) is 22.1. The van der Waals surface area contributed by atoms with Crippen LogP contribution in [0, 0.1) is 0 Å². The Morgan fingerprint density at radius 3 is 1.21 bits per heavy atom. The monoisotopic (exact) mass is 437 g/mol. The number of aliphatic hydroxyl groups is 1. The number of phosphoric ester groups is 1. The van der Waals surface area contributed by atoms with Crippen molar-refractivity contribution in [2.75, 3.05) is 19.8 Å². The molecule has 0 unspecified atom stereocenters. The maximum atomic E-state index is 10.3. The van der Waals surface area contributed by atoms with Crippen LogP contribution in [0.4, 0.5) is 0 Å². The predicted octanol–water partition coefficient (Wildman–Crippen LogP) is 4.81. The Morgan fingerprint density at radius 1 is 0.690 bits per heavy atom. The van der Waals surface area contributed by atoms with Crippen LogP contribution in [0.3, 0.4) is 0 Å². The number of nitrogens with two attached hydrogens (primary N) is 1. The van der Waals surface area contributed by atoms with Gasteiger partial charge in [-0.15, -0.1) is 0 Å². The second-order valence-corrected chi connectivity index (χ2v) is 8.96. The maximum Gasteiger partial charge on any atom is 0.0596 e. The molecule has 0 heterocycles. The second kappa shape index (κ2) is 26.1. The molecule has 0 aromatic heterocycles. The first kappa shape index (κ1) is 31.2. The summed E-state index contributed by atoms with van der Waals surface area (Å²) in [6, 6.07) is 0. The first-order valence-electron chi connectivity index (χ1n) is 12.0. The van der Waals surface area contributed by atoms with E-state index in [4.69, 9.17) is 10.8 Å². The van der Waals surface area contributed by atoms with E-state index in [-0.39, 0.29) is 13.2 Å². The van der Waals surface area contributed by atoms with Crippen molar-refractivity contribution in [3.63, 3.8) is 0 Å². The van der Waals surface area contributed by atoms with E-state index in [0.29, 0.717) is 13.0 Å². The fourth-order valence-electron chi connectivity index (χ4n) is 3.18. The van der Waals surface area contributed by atoms with E-state index in [9.17, 15) is 14.4 Å². The lowest BCUT2D eigenvalue weighted by molar-refractivity contribution is -0.341. The molecule has 0 aliphatic heterocycles. The van der Waals surface area contributed by atoms with Gasteiger partial charge < -0.3 is 29.7 Å². The van der Waals surface area contributed by atoms with Gasteiger partial charge >= 0.3 is 0 Å². The summed E-state index contributed by atoms with van der Waals surface area (Å²) in [5, 5.41) is 7.75. The van der Waals surface area contributed by atoms with Crippen LogP contribution in [-0.4, -0.2) is 24.9 Å². The molecule has 0 saturated carbocycles. The van der Waals surface area contributed by atoms with Crippen molar-refractivity contribution in [1.82, 2.24) is 0 Å². The largest absolute Gasteiger partial charge is 0.790 e. The summed E-state index contributed by atoms with van der Waals surface area (Å²) < 4.78 is 14.5. The summed E-state index contributed by atoms with van der Waals surface area (Å²) in [6.07, 6.45) is 23.3. The van der Waals surface area contributed by atoms with E-state index in [0.717, 1.165) is 12.8 Å². The Bertz CT molecular complexity index is 337. The normalized spacial score (nSPS) is 11.3. The third-order valence-electron chi connectivity index (χ3n) is 4.88. The first-order chi connectivity index (χ1) is 14.0. The standard InChI is InChI=1S/C20H43O4P.C2H7NO/c1-2-3-4-5-6-7-8-9-10-11-12-13-14-15-16-17-18-19-20-24-25(21,22)23;3-1-2-4/h2-20H2,1H3,(H2,21,22,23);4H,1-3H2/p-2. The van der Waals surface area contributed by atoms with Gasteiger partial charge in [0.1, 0.15) is 0 Å². The number of hydrogen-bond donors (Lipinski definition) is 2. The van der Waals surface area contributed by atoms with Gasteiger partial charge in [0.05, 0.1) is 21.0 Å². The molecule has 0 aliphatic rings. The minimum absolute atomic E-state index is 0.0447. The SMILES string of the molecule is CCCCCCCCCCCCCCCCCCCCOP(=O)([O-])[O-].NCCO. The fourth-order valence-corrected chi connectivity index (χ4v) is 3.53. The van der Waals surface area contributed by atoms with Crippen LogP contribution < -0.4 is 15.5 Å². The minimum atomic E-state index is -4.76. The molecule has 0 radical (unpaired) electrons. The molecule has 29 heavy (non-hydrogen) atoms. The molecule has 3 N–H and O–H groups in total. The Kier molecular flexibility index (Phi) is 28.1. The minimum Gasteiger partial charge on any atom is -0.790 e. The lowest BCUT2D eigenvalue weighted by Gasteiger charge is -2.28. The molecule has 0 fully saturated rings. The predicted molar refractivity (Wildman–Crippen MR) is 118 cm³/mol. The highest BCUT2D eigenvalue weighted by Crippen LogP contribution is 2.24. The molecular formula is C22H48NO5P-2. The third-order valence-corrected chi connectivity index (χ3v) is 5.38. The Hall–Kier alpha value is 0.0300. The van der Waals surface area contributed by atoms with Crippen LogP contribution in [0.15, 0.2) is 0 Å². The van der Waals surface area contributed by atoms with Gasteiger partial charge in [-0.05, 0) is 6.42 Å². The summed E-state index contributed by atoms with van der Waals surface area (Å²) in [6.45, 7) is 2.79. The van der Waals surface area contributed by atoms with Gasteiger partial charge in [-0.1, -0.05) is 116 Å². The van der Waals surface area contributed by atoms with Gasteiger partial charge in [0.25, 0.3) is 0 Å². The molecule has 0 amide bonds. The number of aliphatic hydroxyl groups excluding tert-OH is 1. The Balaban J connectivity index is 0. The van der Waals surface area contributed by atoms with Gasteiger partial charge in [-0.25, -0.2) is 0 Å². The van der Waals surface area contributed by atoms with Crippen molar-refractivity contribution >= 4 is 7.82 Å². The molecular weight excluding hydrogens is 389 g/mol. The van der Waals surface area contributed by atoms with Gasteiger partial charge in [-0.3, -0.25) is 0 Å². The lowest BCUT2D eigenvalue weighted by atomic mass is 10.0. The molecule has 0 aromatic rings. The first-order valence-corrected chi connectivity index (χ1v) is 13.4. The summed E-state index contributed by atoms with van der Waals surface area (Å²) >= 11 is 0. The highest BCUT2D eigenvalue weighted by molar-refractivity contribution is 7.43. The van der Waals surface area contributed by atoms with E-state index in [2.05, 4.69) is 11.4 Å². The molecule has 0 aliphatic carbocycles. The molecule has 6 nitrogen and oxygen atoms in total. The molecule has 0 spiro atoms. The maximum absolute atomic E-state index is 10.3. The van der Waals surface area contributed by atoms with Crippen LogP contribution in [0.1, 0.15) is 122 Å². The molecule has 178 valence electrons. The van der Waals surface area contributed by atoms with Gasteiger partial charge in [0.2, 0.25) is 0 Å². The number of hydrogen-bond acceptors (Lipinski definition) is 6. The topological polar surface area (TPSA) is 119 Å².